The van der Waals surface area contributed by atoms with Crippen LogP contribution >= 0.6 is 11.6 Å². The fourth-order valence-electron chi connectivity index (χ4n) is 2.72. The van der Waals surface area contributed by atoms with Crippen LogP contribution in [0.5, 0.6) is 0 Å². The minimum absolute atomic E-state index is 0.155. The zero-order valence-corrected chi connectivity index (χ0v) is 12.9. The molecule has 0 spiro atoms. The number of fused-ring (bicyclic) bond motifs is 1. The summed E-state index contributed by atoms with van der Waals surface area (Å²) in [4.78, 5) is 4.67. The van der Waals surface area contributed by atoms with Crippen LogP contribution in [0, 0.1) is 0 Å². The van der Waals surface area contributed by atoms with Gasteiger partial charge in [-0.1, -0.05) is 54.9 Å². The summed E-state index contributed by atoms with van der Waals surface area (Å²) in [5, 5.41) is 4.35. The zero-order valence-electron chi connectivity index (χ0n) is 12.1. The number of halogens is 1. The predicted octanol–water partition coefficient (Wildman–Crippen LogP) is 4.38. The highest BCUT2D eigenvalue weighted by Crippen LogP contribution is 2.29. The number of hydrogen-bond acceptors (Lipinski definition) is 1. The molecule has 0 radical (unpaired) electrons. The second kappa shape index (κ2) is 6.31. The maximum Gasteiger partial charge on any atom is 0.101 e. The Morgan fingerprint density at radius 3 is 2.67 bits per heavy atom. The number of amidine groups is 1. The summed E-state index contributed by atoms with van der Waals surface area (Å²) in [5.41, 5.74) is 3.90. The average Bonchev–Trinajstić information content (AvgIpc) is 2.53. The van der Waals surface area contributed by atoms with E-state index in [9.17, 15) is 0 Å². The molecule has 2 aromatic carbocycles. The van der Waals surface area contributed by atoms with Crippen LogP contribution in [-0.2, 0) is 6.42 Å². The van der Waals surface area contributed by atoms with E-state index in [0.29, 0.717) is 0 Å². The monoisotopic (exact) mass is 298 g/mol. The van der Waals surface area contributed by atoms with E-state index in [1.807, 2.05) is 12.1 Å². The Bertz CT molecular complexity index is 647. The van der Waals surface area contributed by atoms with E-state index in [0.717, 1.165) is 30.2 Å². The fourth-order valence-corrected chi connectivity index (χ4v) is 2.85. The van der Waals surface area contributed by atoms with Crippen LogP contribution in [0.2, 0.25) is 5.02 Å². The Hall–Kier alpha value is -1.80. The molecule has 0 bridgehead atoms. The Morgan fingerprint density at radius 1 is 1.14 bits per heavy atom. The van der Waals surface area contributed by atoms with Crippen LogP contribution in [0.4, 0.5) is 0 Å². The van der Waals surface area contributed by atoms with Crippen molar-refractivity contribution in [3.63, 3.8) is 0 Å². The fraction of sp³-hybridized carbons (Fsp3) is 0.278. The third-order valence-corrected chi connectivity index (χ3v) is 4.02. The number of rotatable bonds is 3. The van der Waals surface area contributed by atoms with Crippen LogP contribution < -0.4 is 5.32 Å². The maximum atomic E-state index is 6.00. The SMILES string of the molecule is CCCN=C1Cc2ccccc2C(c2ccc(Cl)cc2)N1. The largest absolute Gasteiger partial charge is 0.363 e. The molecule has 3 rings (SSSR count). The topological polar surface area (TPSA) is 24.4 Å². The smallest absolute Gasteiger partial charge is 0.101 e. The van der Waals surface area contributed by atoms with Gasteiger partial charge in [0.05, 0.1) is 6.04 Å². The maximum absolute atomic E-state index is 6.00. The highest BCUT2D eigenvalue weighted by molar-refractivity contribution is 6.30. The van der Waals surface area contributed by atoms with Crippen molar-refractivity contribution in [3.8, 4) is 0 Å². The average molecular weight is 299 g/mol. The van der Waals surface area contributed by atoms with Crippen molar-refractivity contribution in [2.24, 2.45) is 4.99 Å². The van der Waals surface area contributed by atoms with Crippen molar-refractivity contribution < 1.29 is 0 Å². The number of nitrogens with one attached hydrogen (secondary N) is 1. The third-order valence-electron chi connectivity index (χ3n) is 3.76. The number of nitrogens with zero attached hydrogens (tertiary/aromatic N) is 1. The molecule has 1 atom stereocenters. The normalized spacial score (nSPS) is 19.1. The molecule has 1 unspecified atom stereocenters. The van der Waals surface area contributed by atoms with Crippen LogP contribution in [0.1, 0.15) is 36.1 Å². The van der Waals surface area contributed by atoms with Gasteiger partial charge in [0.15, 0.2) is 0 Å². The molecule has 21 heavy (non-hydrogen) atoms. The lowest BCUT2D eigenvalue weighted by molar-refractivity contribution is 0.713. The zero-order chi connectivity index (χ0) is 14.7. The molecule has 2 aromatic rings. The Balaban J connectivity index is 1.99. The number of hydrogen-bond donors (Lipinski definition) is 1. The summed E-state index contributed by atoms with van der Waals surface area (Å²) >= 11 is 6.00. The van der Waals surface area contributed by atoms with Gasteiger partial charge in [-0.2, -0.15) is 0 Å². The summed E-state index contributed by atoms with van der Waals surface area (Å²) in [7, 11) is 0. The van der Waals surface area contributed by atoms with Gasteiger partial charge in [-0.3, -0.25) is 4.99 Å². The van der Waals surface area contributed by atoms with Gasteiger partial charge in [0, 0.05) is 18.0 Å². The van der Waals surface area contributed by atoms with E-state index in [1.54, 1.807) is 0 Å². The van der Waals surface area contributed by atoms with E-state index in [2.05, 4.69) is 53.6 Å². The quantitative estimate of drug-likeness (QED) is 0.893. The van der Waals surface area contributed by atoms with E-state index >= 15 is 0 Å². The van der Waals surface area contributed by atoms with Crippen molar-refractivity contribution in [3.05, 3.63) is 70.2 Å². The van der Waals surface area contributed by atoms with Crippen LogP contribution in [-0.4, -0.2) is 12.4 Å². The Kier molecular flexibility index (Phi) is 4.26. The summed E-state index contributed by atoms with van der Waals surface area (Å²) in [5.74, 6) is 1.08. The lowest BCUT2D eigenvalue weighted by atomic mass is 9.89. The molecular formula is C18H19ClN2. The van der Waals surface area contributed by atoms with Gasteiger partial charge >= 0.3 is 0 Å². The summed E-state index contributed by atoms with van der Waals surface area (Å²) in [6.45, 7) is 3.02. The van der Waals surface area contributed by atoms with Crippen molar-refractivity contribution >= 4 is 17.4 Å². The first kappa shape index (κ1) is 14.2. The lowest BCUT2D eigenvalue weighted by Crippen LogP contribution is -2.36. The Labute approximate surface area is 130 Å². The van der Waals surface area contributed by atoms with Gasteiger partial charge in [0.2, 0.25) is 0 Å². The van der Waals surface area contributed by atoms with Crippen molar-refractivity contribution in [1.29, 1.82) is 0 Å². The minimum Gasteiger partial charge on any atom is -0.363 e. The van der Waals surface area contributed by atoms with Crippen LogP contribution in [0.15, 0.2) is 53.5 Å². The highest BCUT2D eigenvalue weighted by Gasteiger charge is 2.23. The van der Waals surface area contributed by atoms with E-state index in [1.165, 1.54) is 16.7 Å². The molecule has 2 nitrogen and oxygen atoms in total. The van der Waals surface area contributed by atoms with Gasteiger partial charge in [0.25, 0.3) is 0 Å². The second-order valence-electron chi connectivity index (χ2n) is 5.33. The summed E-state index contributed by atoms with van der Waals surface area (Å²) in [6, 6.07) is 16.8. The van der Waals surface area contributed by atoms with Gasteiger partial charge in [-0.15, -0.1) is 0 Å². The third kappa shape index (κ3) is 3.11. The lowest BCUT2D eigenvalue weighted by Gasteiger charge is -2.29. The second-order valence-corrected chi connectivity index (χ2v) is 5.77. The molecule has 1 aliphatic rings. The number of benzene rings is 2. The molecule has 0 amide bonds. The molecule has 0 saturated heterocycles. The van der Waals surface area contributed by atoms with Gasteiger partial charge in [-0.25, -0.2) is 0 Å². The molecule has 0 fully saturated rings. The number of aliphatic imine (C=N–C) groups is 1. The van der Waals surface area contributed by atoms with E-state index in [-0.39, 0.29) is 6.04 Å². The first-order valence-electron chi connectivity index (χ1n) is 7.41. The summed E-state index contributed by atoms with van der Waals surface area (Å²) in [6.07, 6.45) is 1.96. The highest BCUT2D eigenvalue weighted by atomic mass is 35.5. The van der Waals surface area contributed by atoms with Gasteiger partial charge in [-0.05, 0) is 35.2 Å². The van der Waals surface area contributed by atoms with Crippen LogP contribution in [0.25, 0.3) is 0 Å². The van der Waals surface area contributed by atoms with Crippen molar-refractivity contribution in [1.82, 2.24) is 5.32 Å². The van der Waals surface area contributed by atoms with Gasteiger partial charge in [0.1, 0.15) is 5.84 Å². The molecule has 0 aromatic heterocycles. The minimum atomic E-state index is 0.155. The van der Waals surface area contributed by atoms with E-state index < -0.39 is 0 Å². The molecule has 108 valence electrons. The van der Waals surface area contributed by atoms with Crippen LogP contribution in [0.3, 0.4) is 0 Å². The molecule has 1 heterocycles. The molecule has 1 N–H and O–H groups in total. The first-order valence-corrected chi connectivity index (χ1v) is 7.79. The molecular weight excluding hydrogens is 280 g/mol. The Morgan fingerprint density at radius 2 is 1.90 bits per heavy atom. The van der Waals surface area contributed by atoms with E-state index in [4.69, 9.17) is 11.6 Å². The standard InChI is InChI=1S/C18H19ClN2/c1-2-11-20-17-12-14-5-3-4-6-16(14)18(21-17)13-7-9-15(19)10-8-13/h3-10,18H,2,11-12H2,1H3,(H,20,21). The molecule has 1 aliphatic heterocycles. The first-order chi connectivity index (χ1) is 10.3. The summed E-state index contributed by atoms with van der Waals surface area (Å²) < 4.78 is 0. The molecule has 0 saturated carbocycles. The van der Waals surface area contributed by atoms with Gasteiger partial charge < -0.3 is 5.32 Å². The predicted molar refractivity (Wildman–Crippen MR) is 89.2 cm³/mol. The molecule has 3 heteroatoms. The molecule has 0 aliphatic carbocycles. The van der Waals surface area contributed by atoms with Crippen molar-refractivity contribution in [2.75, 3.05) is 6.54 Å². The van der Waals surface area contributed by atoms with Crippen molar-refractivity contribution in [2.45, 2.75) is 25.8 Å².